The van der Waals surface area contributed by atoms with Crippen LogP contribution in [0.2, 0.25) is 0 Å². The van der Waals surface area contributed by atoms with E-state index >= 15 is 0 Å². The molecule has 0 heterocycles. The largest absolute Gasteiger partial charge is 0.373 e. The van der Waals surface area contributed by atoms with Crippen molar-refractivity contribution in [2.24, 2.45) is 5.92 Å². The SMILES string of the molecule is C=CCCC1CCC(c2ccc(COCC=CC)cc2)CC1. The van der Waals surface area contributed by atoms with Gasteiger partial charge in [0, 0.05) is 0 Å². The van der Waals surface area contributed by atoms with Gasteiger partial charge in [0.15, 0.2) is 0 Å². The van der Waals surface area contributed by atoms with Gasteiger partial charge in [-0.05, 0) is 68.4 Å². The Hall–Kier alpha value is -1.34. The van der Waals surface area contributed by atoms with Crippen molar-refractivity contribution in [3.05, 3.63) is 60.2 Å². The Kier molecular flexibility index (Phi) is 7.45. The van der Waals surface area contributed by atoms with E-state index in [1.807, 2.05) is 19.1 Å². The van der Waals surface area contributed by atoms with Crippen molar-refractivity contribution in [1.82, 2.24) is 0 Å². The van der Waals surface area contributed by atoms with Crippen molar-refractivity contribution in [3.63, 3.8) is 0 Å². The number of ether oxygens (including phenoxy) is 1. The number of hydrogen-bond acceptors (Lipinski definition) is 1. The normalized spacial score (nSPS) is 22.0. The zero-order chi connectivity index (χ0) is 15.6. The Balaban J connectivity index is 1.77. The molecular formula is C21H30O. The Bertz CT molecular complexity index is 449. The molecule has 2 rings (SSSR count). The zero-order valence-electron chi connectivity index (χ0n) is 14.0. The minimum absolute atomic E-state index is 0.701. The molecule has 1 aromatic rings. The van der Waals surface area contributed by atoms with Crippen LogP contribution in [0.4, 0.5) is 0 Å². The molecule has 1 aromatic carbocycles. The van der Waals surface area contributed by atoms with E-state index in [-0.39, 0.29) is 0 Å². The summed E-state index contributed by atoms with van der Waals surface area (Å²) in [7, 11) is 0. The van der Waals surface area contributed by atoms with Crippen LogP contribution < -0.4 is 0 Å². The molecule has 0 aliphatic heterocycles. The highest BCUT2D eigenvalue weighted by atomic mass is 16.5. The van der Waals surface area contributed by atoms with Gasteiger partial charge in [-0.1, -0.05) is 42.5 Å². The topological polar surface area (TPSA) is 9.23 Å². The Morgan fingerprint density at radius 3 is 2.50 bits per heavy atom. The maximum absolute atomic E-state index is 5.60. The van der Waals surface area contributed by atoms with Crippen LogP contribution in [-0.4, -0.2) is 6.61 Å². The number of allylic oxidation sites excluding steroid dienone is 2. The molecule has 0 spiro atoms. The van der Waals surface area contributed by atoms with Gasteiger partial charge in [-0.2, -0.15) is 0 Å². The van der Waals surface area contributed by atoms with E-state index in [0.29, 0.717) is 13.2 Å². The smallest absolute Gasteiger partial charge is 0.0721 e. The summed E-state index contributed by atoms with van der Waals surface area (Å²) in [4.78, 5) is 0. The van der Waals surface area contributed by atoms with Crippen LogP contribution in [0.25, 0.3) is 0 Å². The number of rotatable bonds is 8. The minimum atomic E-state index is 0.701. The molecule has 0 N–H and O–H groups in total. The second-order valence-electron chi connectivity index (χ2n) is 6.41. The van der Waals surface area contributed by atoms with Crippen molar-refractivity contribution in [3.8, 4) is 0 Å². The summed E-state index contributed by atoms with van der Waals surface area (Å²) in [6, 6.07) is 9.08. The van der Waals surface area contributed by atoms with Gasteiger partial charge in [0.25, 0.3) is 0 Å². The molecule has 1 heteroatoms. The van der Waals surface area contributed by atoms with Crippen LogP contribution in [0.5, 0.6) is 0 Å². The fourth-order valence-electron chi connectivity index (χ4n) is 3.37. The quantitative estimate of drug-likeness (QED) is 0.421. The van der Waals surface area contributed by atoms with Crippen LogP contribution in [0, 0.1) is 5.92 Å². The first kappa shape index (κ1) is 17.0. The van der Waals surface area contributed by atoms with Gasteiger partial charge in [-0.15, -0.1) is 6.58 Å². The molecule has 0 aromatic heterocycles. The highest BCUT2D eigenvalue weighted by molar-refractivity contribution is 5.25. The molecule has 0 amide bonds. The van der Waals surface area contributed by atoms with Crippen molar-refractivity contribution in [2.45, 2.75) is 58.0 Å². The van der Waals surface area contributed by atoms with Crippen LogP contribution in [0.15, 0.2) is 49.1 Å². The molecule has 0 unspecified atom stereocenters. The van der Waals surface area contributed by atoms with E-state index < -0.39 is 0 Å². The van der Waals surface area contributed by atoms with Gasteiger partial charge in [0.2, 0.25) is 0 Å². The Morgan fingerprint density at radius 1 is 1.14 bits per heavy atom. The lowest BCUT2D eigenvalue weighted by molar-refractivity contribution is 0.148. The monoisotopic (exact) mass is 298 g/mol. The fraction of sp³-hybridized carbons (Fsp3) is 0.524. The number of hydrogen-bond donors (Lipinski definition) is 0. The molecule has 0 bridgehead atoms. The molecule has 1 nitrogen and oxygen atoms in total. The van der Waals surface area contributed by atoms with Crippen molar-refractivity contribution >= 4 is 0 Å². The highest BCUT2D eigenvalue weighted by Crippen LogP contribution is 2.37. The van der Waals surface area contributed by atoms with Gasteiger partial charge in [-0.25, -0.2) is 0 Å². The summed E-state index contributed by atoms with van der Waals surface area (Å²) in [5.41, 5.74) is 2.78. The average Bonchev–Trinajstić information content (AvgIpc) is 2.58. The van der Waals surface area contributed by atoms with Crippen LogP contribution in [0.3, 0.4) is 0 Å². The van der Waals surface area contributed by atoms with Crippen LogP contribution in [-0.2, 0) is 11.3 Å². The first-order valence-electron chi connectivity index (χ1n) is 8.72. The summed E-state index contributed by atoms with van der Waals surface area (Å²) in [5, 5.41) is 0. The highest BCUT2D eigenvalue weighted by Gasteiger charge is 2.21. The van der Waals surface area contributed by atoms with Gasteiger partial charge in [0.05, 0.1) is 13.2 Å². The summed E-state index contributed by atoms with van der Waals surface area (Å²) in [5.74, 6) is 1.69. The van der Waals surface area contributed by atoms with Crippen molar-refractivity contribution in [2.75, 3.05) is 6.61 Å². The third kappa shape index (κ3) is 5.46. The van der Waals surface area contributed by atoms with Gasteiger partial charge in [-0.3, -0.25) is 0 Å². The average molecular weight is 298 g/mol. The lowest BCUT2D eigenvalue weighted by Crippen LogP contribution is -2.13. The summed E-state index contributed by atoms with van der Waals surface area (Å²) in [6.07, 6.45) is 14.1. The third-order valence-corrected chi connectivity index (χ3v) is 4.80. The second-order valence-corrected chi connectivity index (χ2v) is 6.41. The number of benzene rings is 1. The molecule has 1 aliphatic rings. The van der Waals surface area contributed by atoms with Crippen LogP contribution >= 0.6 is 0 Å². The lowest BCUT2D eigenvalue weighted by Gasteiger charge is -2.28. The van der Waals surface area contributed by atoms with Gasteiger partial charge < -0.3 is 4.74 Å². The van der Waals surface area contributed by atoms with Gasteiger partial charge in [0.1, 0.15) is 0 Å². The summed E-state index contributed by atoms with van der Waals surface area (Å²) < 4.78 is 5.60. The molecule has 1 saturated carbocycles. The van der Waals surface area contributed by atoms with E-state index in [1.165, 1.54) is 49.7 Å². The molecule has 22 heavy (non-hydrogen) atoms. The summed E-state index contributed by atoms with van der Waals surface area (Å²) in [6.45, 7) is 7.26. The predicted octanol–water partition coefficient (Wildman–Crippen LogP) is 6.02. The third-order valence-electron chi connectivity index (χ3n) is 4.80. The van der Waals surface area contributed by atoms with E-state index in [0.717, 1.165) is 11.8 Å². The Labute approximate surface area is 136 Å². The van der Waals surface area contributed by atoms with E-state index in [9.17, 15) is 0 Å². The predicted molar refractivity (Wildman–Crippen MR) is 95.0 cm³/mol. The Morgan fingerprint density at radius 2 is 1.86 bits per heavy atom. The van der Waals surface area contributed by atoms with E-state index in [2.05, 4.69) is 36.9 Å². The maximum Gasteiger partial charge on any atom is 0.0721 e. The van der Waals surface area contributed by atoms with Crippen molar-refractivity contribution < 1.29 is 4.74 Å². The lowest BCUT2D eigenvalue weighted by atomic mass is 9.77. The standard InChI is InChI=1S/C21H30O/c1-3-5-7-18-8-12-20(13-9-18)21-14-10-19(11-15-21)17-22-16-6-4-2/h3-4,6,10-11,14-15,18,20H,1,5,7-9,12-13,16-17H2,2H3. The molecule has 120 valence electrons. The minimum Gasteiger partial charge on any atom is -0.373 e. The van der Waals surface area contributed by atoms with Gasteiger partial charge >= 0.3 is 0 Å². The van der Waals surface area contributed by atoms with E-state index in [1.54, 1.807) is 0 Å². The fourth-order valence-corrected chi connectivity index (χ4v) is 3.37. The molecule has 0 saturated heterocycles. The maximum atomic E-state index is 5.60. The van der Waals surface area contributed by atoms with E-state index in [4.69, 9.17) is 4.74 Å². The second kappa shape index (κ2) is 9.63. The first-order valence-corrected chi connectivity index (χ1v) is 8.72. The van der Waals surface area contributed by atoms with Crippen molar-refractivity contribution in [1.29, 1.82) is 0 Å². The molecule has 1 fully saturated rings. The molecule has 1 aliphatic carbocycles. The molecule has 0 atom stereocenters. The molecule has 0 radical (unpaired) electrons. The first-order chi connectivity index (χ1) is 10.8. The summed E-state index contributed by atoms with van der Waals surface area (Å²) >= 11 is 0. The molecular weight excluding hydrogens is 268 g/mol. The van der Waals surface area contributed by atoms with Crippen LogP contribution in [0.1, 0.15) is 62.5 Å². The zero-order valence-corrected chi connectivity index (χ0v) is 14.0.